The van der Waals surface area contributed by atoms with Gasteiger partial charge in [-0.05, 0) is 93.3 Å². The number of nitrogens with zero attached hydrogens (tertiary/aromatic N) is 4. The fraction of sp³-hybridized carbons (Fsp3) is 0.163. The maximum Gasteiger partial charge on any atom is 0.0938 e. The summed E-state index contributed by atoms with van der Waals surface area (Å²) in [6.45, 7) is 15.1. The molecule has 0 unspecified atom stereocenters. The fourth-order valence-electron chi connectivity index (χ4n) is 7.18. The maximum absolute atomic E-state index is 5.03. The first kappa shape index (κ1) is 33.1. The first-order valence-electron chi connectivity index (χ1n) is 16.1. The van der Waals surface area contributed by atoms with Crippen LogP contribution in [0.15, 0.2) is 103 Å². The van der Waals surface area contributed by atoms with Gasteiger partial charge in [-0.1, -0.05) is 59.0 Å². The second-order valence-electron chi connectivity index (χ2n) is 12.7. The Morgan fingerprint density at radius 2 is 1.31 bits per heavy atom. The van der Waals surface area contributed by atoms with Gasteiger partial charge >= 0.3 is 0 Å². The van der Waals surface area contributed by atoms with Crippen molar-refractivity contribution in [3.63, 3.8) is 0 Å². The molecule has 8 rings (SSSR count). The van der Waals surface area contributed by atoms with E-state index in [4.69, 9.17) is 5.10 Å². The summed E-state index contributed by atoms with van der Waals surface area (Å²) in [4.78, 5) is 4.50. The average molecular weight is 803 g/mol. The van der Waals surface area contributed by atoms with Crippen LogP contribution < -0.4 is 0 Å². The quantitative estimate of drug-likeness (QED) is 0.132. The van der Waals surface area contributed by atoms with Gasteiger partial charge in [-0.15, -0.1) is 41.3 Å². The summed E-state index contributed by atoms with van der Waals surface area (Å²) < 4.78 is 4.22. The molecule has 0 fully saturated rings. The monoisotopic (exact) mass is 803 g/mol. The van der Waals surface area contributed by atoms with Crippen molar-refractivity contribution in [3.8, 4) is 28.3 Å². The summed E-state index contributed by atoms with van der Waals surface area (Å²) in [5.74, 6) is 0.931. The summed E-state index contributed by atoms with van der Waals surface area (Å²) in [7, 11) is 0. The van der Waals surface area contributed by atoms with Crippen LogP contribution in [0.25, 0.3) is 55.5 Å². The standard InChI is InChI=1S/C25H21N2.C18H17N2.Ir/c1-15-12-18(4)25-20(13-15)19-10-5-6-11-22(19)27-23(25)14-21(26-27)24-16(2)8-7-9-17(24)3;1-13-11-14(2)17(15(3)12-13)20-10-9-19-18(20)16-7-5-4-6-8-16;/h5-10,12-14H,1-4H3;4-7,9-12H,1-3H3;/q2*-1;. The van der Waals surface area contributed by atoms with Crippen LogP contribution in [0, 0.1) is 60.6 Å². The number of aryl methyl sites for hydroxylation is 7. The van der Waals surface area contributed by atoms with Gasteiger partial charge in [-0.3, -0.25) is 9.50 Å². The molecule has 48 heavy (non-hydrogen) atoms. The summed E-state index contributed by atoms with van der Waals surface area (Å²) in [6, 6.07) is 38.4. The molecule has 0 bridgehead atoms. The van der Waals surface area contributed by atoms with E-state index in [0.717, 1.165) is 28.1 Å². The van der Waals surface area contributed by atoms with E-state index in [9.17, 15) is 0 Å². The minimum atomic E-state index is 0. The number of hydrogen-bond acceptors (Lipinski definition) is 2. The zero-order valence-corrected chi connectivity index (χ0v) is 30.8. The van der Waals surface area contributed by atoms with E-state index in [2.05, 4.69) is 135 Å². The van der Waals surface area contributed by atoms with E-state index >= 15 is 0 Å². The molecule has 3 aromatic heterocycles. The Kier molecular flexibility index (Phi) is 9.20. The summed E-state index contributed by atoms with van der Waals surface area (Å²) >= 11 is 0. The van der Waals surface area contributed by atoms with E-state index in [1.54, 1.807) is 0 Å². The van der Waals surface area contributed by atoms with Crippen molar-refractivity contribution in [1.29, 1.82) is 0 Å². The van der Waals surface area contributed by atoms with E-state index in [0.29, 0.717) is 0 Å². The van der Waals surface area contributed by atoms with Gasteiger partial charge in [-0.2, -0.15) is 29.4 Å². The van der Waals surface area contributed by atoms with Crippen LogP contribution in [-0.4, -0.2) is 19.2 Å². The number of benzene rings is 5. The molecule has 0 amide bonds. The molecule has 1 radical (unpaired) electrons. The van der Waals surface area contributed by atoms with Crippen molar-refractivity contribution in [2.45, 2.75) is 48.5 Å². The van der Waals surface area contributed by atoms with E-state index < -0.39 is 0 Å². The van der Waals surface area contributed by atoms with Gasteiger partial charge < -0.3 is 4.57 Å². The minimum absolute atomic E-state index is 0. The smallest absolute Gasteiger partial charge is 0.0938 e. The molecule has 0 N–H and O–H groups in total. The molecule has 8 aromatic rings. The Morgan fingerprint density at radius 1 is 0.625 bits per heavy atom. The summed E-state index contributed by atoms with van der Waals surface area (Å²) in [5, 5.41) is 8.78. The molecule has 0 aliphatic heterocycles. The van der Waals surface area contributed by atoms with Gasteiger partial charge in [0, 0.05) is 43.7 Å². The largest absolute Gasteiger partial charge is 0.340 e. The first-order chi connectivity index (χ1) is 22.7. The number of imidazole rings is 1. The number of para-hydroxylation sites is 1. The van der Waals surface area contributed by atoms with Crippen molar-refractivity contribution < 1.29 is 20.1 Å². The predicted octanol–water partition coefficient (Wildman–Crippen LogP) is 10.6. The van der Waals surface area contributed by atoms with E-state index in [-0.39, 0.29) is 20.1 Å². The van der Waals surface area contributed by atoms with Gasteiger partial charge in [0.05, 0.1) is 17.0 Å². The van der Waals surface area contributed by atoms with Crippen molar-refractivity contribution in [2.75, 3.05) is 0 Å². The predicted molar refractivity (Wildman–Crippen MR) is 195 cm³/mol. The zero-order valence-electron chi connectivity index (χ0n) is 28.4. The molecule has 0 saturated carbocycles. The maximum atomic E-state index is 5.03. The van der Waals surface area contributed by atoms with E-state index in [1.807, 2.05) is 42.7 Å². The Hall–Kier alpha value is -4.83. The van der Waals surface area contributed by atoms with Crippen LogP contribution in [0.4, 0.5) is 0 Å². The second-order valence-corrected chi connectivity index (χ2v) is 12.7. The number of pyridine rings is 1. The third-order valence-corrected chi connectivity index (χ3v) is 8.99. The normalized spacial score (nSPS) is 11.1. The fourth-order valence-corrected chi connectivity index (χ4v) is 7.18. The molecule has 5 aromatic carbocycles. The molecular weight excluding hydrogens is 765 g/mol. The molecule has 0 spiro atoms. The molecule has 4 nitrogen and oxygen atoms in total. The SMILES string of the molecule is Cc1cc(C)c(-n2ccnc2-c2[c-]cccc2)c(C)c1.Cc1cc(C)c2c(c1)c1ccc[c-]c1n1nc(-c3c(C)cccc3C)cc21.[Ir]. The average Bonchev–Trinajstić information content (AvgIpc) is 3.69. The Balaban J connectivity index is 0.000000171. The van der Waals surface area contributed by atoms with Crippen LogP contribution in [0.5, 0.6) is 0 Å². The van der Waals surface area contributed by atoms with Gasteiger partial charge in [-0.25, -0.2) is 0 Å². The molecule has 0 aliphatic carbocycles. The van der Waals surface area contributed by atoms with Crippen molar-refractivity contribution in [1.82, 2.24) is 19.2 Å². The number of fused-ring (bicyclic) bond motifs is 6. The number of aromatic nitrogens is 4. The molecular formula is C43H38IrN4-2. The van der Waals surface area contributed by atoms with Crippen LogP contribution in [0.1, 0.15) is 38.9 Å². The van der Waals surface area contributed by atoms with Gasteiger partial charge in [0.2, 0.25) is 0 Å². The number of rotatable bonds is 3. The Labute approximate surface area is 296 Å². The zero-order chi connectivity index (χ0) is 32.8. The topological polar surface area (TPSA) is 35.1 Å². The summed E-state index contributed by atoms with van der Waals surface area (Å²) in [6.07, 6.45) is 3.86. The van der Waals surface area contributed by atoms with Crippen LogP contribution in [-0.2, 0) is 20.1 Å². The molecule has 0 saturated heterocycles. The van der Waals surface area contributed by atoms with Gasteiger partial charge in [0.25, 0.3) is 0 Å². The first-order valence-corrected chi connectivity index (χ1v) is 16.1. The summed E-state index contributed by atoms with van der Waals surface area (Å²) in [5.41, 5.74) is 15.5. The number of hydrogen-bond donors (Lipinski definition) is 0. The second kappa shape index (κ2) is 13.4. The Morgan fingerprint density at radius 3 is 2.02 bits per heavy atom. The van der Waals surface area contributed by atoms with Crippen LogP contribution in [0.2, 0.25) is 0 Å². The Bertz CT molecular complexity index is 2390. The van der Waals surface area contributed by atoms with Crippen LogP contribution in [0.3, 0.4) is 0 Å². The molecule has 5 heteroatoms. The molecule has 3 heterocycles. The molecule has 241 valence electrons. The van der Waals surface area contributed by atoms with Crippen molar-refractivity contribution >= 4 is 27.2 Å². The van der Waals surface area contributed by atoms with Crippen molar-refractivity contribution in [2.24, 2.45) is 0 Å². The van der Waals surface area contributed by atoms with E-state index in [1.165, 1.54) is 66.4 Å². The molecule has 0 atom stereocenters. The molecule has 0 aliphatic rings. The third kappa shape index (κ3) is 5.89. The van der Waals surface area contributed by atoms with Crippen LogP contribution >= 0.6 is 0 Å². The minimum Gasteiger partial charge on any atom is -0.340 e. The van der Waals surface area contributed by atoms with Gasteiger partial charge in [0.15, 0.2) is 0 Å². The van der Waals surface area contributed by atoms with Crippen molar-refractivity contribution in [3.05, 3.63) is 154 Å². The van der Waals surface area contributed by atoms with Gasteiger partial charge in [0.1, 0.15) is 0 Å². The third-order valence-electron chi connectivity index (χ3n) is 8.99.